The lowest BCUT2D eigenvalue weighted by Gasteiger charge is -2.36. The van der Waals surface area contributed by atoms with E-state index in [1.54, 1.807) is 0 Å². The molecule has 1 aromatic rings. The van der Waals surface area contributed by atoms with Gasteiger partial charge >= 0.3 is 0 Å². The molecule has 1 aromatic carbocycles. The van der Waals surface area contributed by atoms with Crippen LogP contribution in [-0.2, 0) is 17.8 Å². The van der Waals surface area contributed by atoms with Crippen LogP contribution < -0.4 is 5.32 Å². The van der Waals surface area contributed by atoms with Gasteiger partial charge in [0.25, 0.3) is 0 Å². The molecule has 0 radical (unpaired) electrons. The molecule has 0 aliphatic carbocycles. The summed E-state index contributed by atoms with van der Waals surface area (Å²) in [6.07, 6.45) is 3.09. The number of carbonyl (C=O) groups excluding carboxylic acids is 1. The van der Waals surface area contributed by atoms with Crippen LogP contribution in [0.5, 0.6) is 0 Å². The zero-order valence-electron chi connectivity index (χ0n) is 14.5. The molecule has 1 atom stereocenters. The van der Waals surface area contributed by atoms with Crippen LogP contribution >= 0.6 is 24.8 Å². The Morgan fingerprint density at radius 3 is 2.42 bits per heavy atom. The molecule has 0 saturated carbocycles. The van der Waals surface area contributed by atoms with Gasteiger partial charge < -0.3 is 15.1 Å². The third-order valence-corrected chi connectivity index (χ3v) is 4.93. The van der Waals surface area contributed by atoms with Crippen molar-refractivity contribution < 1.29 is 4.79 Å². The van der Waals surface area contributed by atoms with Gasteiger partial charge in [0, 0.05) is 26.2 Å². The first kappa shape index (κ1) is 21.2. The fraction of sp³-hybridized carbons (Fsp3) is 0.611. The van der Waals surface area contributed by atoms with Crippen molar-refractivity contribution in [2.75, 3.05) is 33.7 Å². The number of piperidine rings is 1. The number of likely N-dealkylation sites (tertiary alicyclic amines) is 1. The van der Waals surface area contributed by atoms with Crippen molar-refractivity contribution >= 4 is 30.7 Å². The average molecular weight is 374 g/mol. The molecule has 1 N–H and O–H groups in total. The number of rotatable bonds is 3. The molecule has 2 aliphatic heterocycles. The molecule has 2 aliphatic rings. The van der Waals surface area contributed by atoms with E-state index in [1.807, 2.05) is 0 Å². The third-order valence-electron chi connectivity index (χ3n) is 4.93. The molecule has 24 heavy (non-hydrogen) atoms. The Morgan fingerprint density at radius 1 is 1.17 bits per heavy atom. The Morgan fingerprint density at radius 2 is 1.79 bits per heavy atom. The van der Waals surface area contributed by atoms with Crippen LogP contribution in [-0.4, -0.2) is 55.5 Å². The monoisotopic (exact) mass is 373 g/mol. The molecule has 4 nitrogen and oxygen atoms in total. The van der Waals surface area contributed by atoms with Gasteiger partial charge in [-0.1, -0.05) is 24.3 Å². The Hall–Kier alpha value is -0.810. The average Bonchev–Trinajstić information content (AvgIpc) is 2.54. The summed E-state index contributed by atoms with van der Waals surface area (Å²) in [6, 6.07) is 8.40. The highest BCUT2D eigenvalue weighted by atomic mass is 35.5. The van der Waals surface area contributed by atoms with Crippen LogP contribution in [0.25, 0.3) is 0 Å². The highest BCUT2D eigenvalue weighted by molar-refractivity contribution is 5.85. The van der Waals surface area contributed by atoms with Crippen LogP contribution in [0.2, 0.25) is 0 Å². The van der Waals surface area contributed by atoms with E-state index < -0.39 is 0 Å². The minimum absolute atomic E-state index is 0. The summed E-state index contributed by atoms with van der Waals surface area (Å²) in [5.41, 5.74) is 2.65. The molecular weight excluding hydrogens is 345 g/mol. The van der Waals surface area contributed by atoms with Gasteiger partial charge in [-0.3, -0.25) is 4.79 Å². The molecular formula is C18H29Cl2N3O. The van der Waals surface area contributed by atoms with E-state index in [1.165, 1.54) is 11.1 Å². The first-order valence-corrected chi connectivity index (χ1v) is 8.37. The maximum atomic E-state index is 12.7. The minimum atomic E-state index is -0.0414. The highest BCUT2D eigenvalue weighted by Gasteiger charge is 2.30. The van der Waals surface area contributed by atoms with Crippen LogP contribution in [0.1, 0.15) is 24.0 Å². The van der Waals surface area contributed by atoms with E-state index >= 15 is 0 Å². The summed E-state index contributed by atoms with van der Waals surface area (Å²) in [5, 5.41) is 3.42. The predicted octanol–water partition coefficient (Wildman–Crippen LogP) is 2.34. The highest BCUT2D eigenvalue weighted by Crippen LogP contribution is 2.21. The largest absolute Gasteiger partial charge is 0.341 e. The second-order valence-electron chi connectivity index (χ2n) is 6.94. The summed E-state index contributed by atoms with van der Waals surface area (Å²) < 4.78 is 0. The third kappa shape index (κ3) is 5.09. The van der Waals surface area contributed by atoms with Gasteiger partial charge in [0.15, 0.2) is 0 Å². The van der Waals surface area contributed by atoms with E-state index in [-0.39, 0.29) is 36.8 Å². The van der Waals surface area contributed by atoms with Crippen LogP contribution in [0.15, 0.2) is 24.3 Å². The number of benzene rings is 1. The van der Waals surface area contributed by atoms with Gasteiger partial charge in [0.1, 0.15) is 0 Å². The van der Waals surface area contributed by atoms with Gasteiger partial charge in [-0.2, -0.15) is 0 Å². The summed E-state index contributed by atoms with van der Waals surface area (Å²) in [7, 11) is 4.25. The van der Waals surface area contributed by atoms with Crippen molar-refractivity contribution in [3.05, 3.63) is 35.4 Å². The second-order valence-corrected chi connectivity index (χ2v) is 6.94. The summed E-state index contributed by atoms with van der Waals surface area (Å²) in [5.74, 6) is 1.02. The molecule has 136 valence electrons. The first-order chi connectivity index (χ1) is 10.6. The molecule has 0 bridgehead atoms. The van der Waals surface area contributed by atoms with E-state index in [0.717, 1.165) is 51.4 Å². The summed E-state index contributed by atoms with van der Waals surface area (Å²) in [4.78, 5) is 17.1. The van der Waals surface area contributed by atoms with Crippen molar-refractivity contribution in [3.8, 4) is 0 Å². The van der Waals surface area contributed by atoms with Crippen molar-refractivity contribution in [2.45, 2.75) is 31.8 Å². The maximum Gasteiger partial charge on any atom is 0.240 e. The van der Waals surface area contributed by atoms with E-state index in [9.17, 15) is 4.79 Å². The van der Waals surface area contributed by atoms with Crippen molar-refractivity contribution in [1.29, 1.82) is 0 Å². The van der Waals surface area contributed by atoms with E-state index in [0.29, 0.717) is 0 Å². The zero-order valence-corrected chi connectivity index (χ0v) is 16.2. The number of fused-ring (bicyclic) bond motifs is 1. The maximum absolute atomic E-state index is 12.7. The number of carbonyl (C=O) groups is 1. The molecule has 0 aromatic heterocycles. The first-order valence-electron chi connectivity index (χ1n) is 8.37. The Bertz CT molecular complexity index is 531. The van der Waals surface area contributed by atoms with Gasteiger partial charge in [0.05, 0.1) is 6.04 Å². The molecule has 3 rings (SSSR count). The van der Waals surface area contributed by atoms with Gasteiger partial charge in [0.2, 0.25) is 5.91 Å². The number of nitrogens with one attached hydrogen (secondary N) is 1. The normalized spacial score (nSPS) is 20.8. The molecule has 1 amide bonds. The summed E-state index contributed by atoms with van der Waals surface area (Å²) in [6.45, 7) is 3.77. The smallest absolute Gasteiger partial charge is 0.240 e. The van der Waals surface area contributed by atoms with Crippen molar-refractivity contribution in [1.82, 2.24) is 15.1 Å². The number of halogens is 2. The Labute approximate surface area is 157 Å². The van der Waals surface area contributed by atoms with Crippen LogP contribution in [0.4, 0.5) is 0 Å². The second kappa shape index (κ2) is 9.62. The number of amides is 1. The van der Waals surface area contributed by atoms with E-state index in [4.69, 9.17) is 0 Å². The number of hydrogen-bond acceptors (Lipinski definition) is 3. The topological polar surface area (TPSA) is 35.6 Å². The predicted molar refractivity (Wildman–Crippen MR) is 103 cm³/mol. The fourth-order valence-corrected chi connectivity index (χ4v) is 3.70. The van der Waals surface area contributed by atoms with Gasteiger partial charge in [-0.15, -0.1) is 24.8 Å². The van der Waals surface area contributed by atoms with Crippen molar-refractivity contribution in [2.24, 2.45) is 5.92 Å². The minimum Gasteiger partial charge on any atom is -0.341 e. The molecule has 1 fully saturated rings. The molecule has 1 unspecified atom stereocenters. The fourth-order valence-electron chi connectivity index (χ4n) is 3.70. The van der Waals surface area contributed by atoms with Gasteiger partial charge in [-0.05, 0) is 50.4 Å². The Balaban J connectivity index is 0.00000144. The molecule has 1 saturated heterocycles. The van der Waals surface area contributed by atoms with Crippen molar-refractivity contribution in [3.63, 3.8) is 0 Å². The van der Waals surface area contributed by atoms with Crippen LogP contribution in [0.3, 0.4) is 0 Å². The molecule has 0 spiro atoms. The standard InChI is InChI=1S/C18H27N3O.2ClH/c1-20(2)13-14-7-9-21(10-8-14)18(22)17-11-15-5-3-4-6-16(15)12-19-17;;/h3-6,14,17,19H,7-13H2,1-2H3;2*1H. The number of nitrogens with zero attached hydrogens (tertiary/aromatic N) is 2. The van der Waals surface area contributed by atoms with Gasteiger partial charge in [-0.25, -0.2) is 0 Å². The van der Waals surface area contributed by atoms with Crippen LogP contribution in [0, 0.1) is 5.92 Å². The zero-order chi connectivity index (χ0) is 15.5. The SMILES string of the molecule is CN(C)CC1CCN(C(=O)C2Cc3ccccc3CN2)CC1.Cl.Cl. The number of hydrogen-bond donors (Lipinski definition) is 1. The van der Waals surface area contributed by atoms with E-state index in [2.05, 4.69) is 53.5 Å². The Kier molecular flexibility index (Phi) is 8.51. The molecule has 6 heteroatoms. The lowest BCUT2D eigenvalue weighted by atomic mass is 9.93. The summed E-state index contributed by atoms with van der Waals surface area (Å²) >= 11 is 0. The lowest BCUT2D eigenvalue weighted by molar-refractivity contribution is -0.135. The quantitative estimate of drug-likeness (QED) is 0.882. The lowest BCUT2D eigenvalue weighted by Crippen LogP contribution is -2.51. The molecule has 2 heterocycles.